The quantitative estimate of drug-likeness (QED) is 0.751. The summed E-state index contributed by atoms with van der Waals surface area (Å²) < 4.78 is 5.30. The number of halogens is 2. The molecule has 0 heterocycles. The van der Waals surface area contributed by atoms with Crippen molar-refractivity contribution in [3.8, 4) is 5.75 Å². The Bertz CT molecular complexity index is 487. The number of rotatable bonds is 5. The summed E-state index contributed by atoms with van der Waals surface area (Å²) in [5.74, 6) is 0.951. The van der Waals surface area contributed by atoms with Crippen molar-refractivity contribution in [3.05, 3.63) is 28.8 Å². The Hall–Kier alpha value is -0.930. The Labute approximate surface area is 136 Å². The fourth-order valence-electron chi connectivity index (χ4n) is 2.94. The van der Waals surface area contributed by atoms with Crippen LogP contribution < -0.4 is 4.74 Å². The first-order valence-corrected chi connectivity index (χ1v) is 8.29. The molecule has 0 radical (unpaired) electrons. The minimum absolute atomic E-state index is 0.0399. The summed E-state index contributed by atoms with van der Waals surface area (Å²) in [4.78, 5) is 14.8. The predicted molar refractivity (Wildman–Crippen MR) is 86.6 cm³/mol. The minimum Gasteiger partial charge on any atom is -0.496 e. The fraction of sp³-hybridized carbons (Fsp3) is 0.562. The van der Waals surface area contributed by atoms with E-state index < -0.39 is 0 Å². The van der Waals surface area contributed by atoms with Crippen LogP contribution in [0, 0.1) is 0 Å². The van der Waals surface area contributed by atoms with Gasteiger partial charge in [0.1, 0.15) is 5.75 Å². The smallest absolute Gasteiger partial charge is 0.257 e. The van der Waals surface area contributed by atoms with Crippen molar-refractivity contribution in [2.75, 3.05) is 19.5 Å². The maximum Gasteiger partial charge on any atom is 0.257 e. The van der Waals surface area contributed by atoms with Crippen LogP contribution in [0.1, 0.15) is 42.5 Å². The van der Waals surface area contributed by atoms with Gasteiger partial charge in [-0.25, -0.2) is 0 Å². The molecule has 5 heteroatoms. The van der Waals surface area contributed by atoms with E-state index in [4.69, 9.17) is 27.9 Å². The van der Waals surface area contributed by atoms with E-state index in [9.17, 15) is 4.79 Å². The van der Waals surface area contributed by atoms with Gasteiger partial charge in [-0.05, 0) is 31.0 Å². The van der Waals surface area contributed by atoms with E-state index in [-0.39, 0.29) is 11.9 Å². The molecule has 0 aliphatic heterocycles. The van der Waals surface area contributed by atoms with Crippen LogP contribution in [0.3, 0.4) is 0 Å². The monoisotopic (exact) mass is 329 g/mol. The summed E-state index contributed by atoms with van der Waals surface area (Å²) in [5, 5.41) is 0.536. The Kier molecular flexibility index (Phi) is 6.19. The second-order valence-corrected chi connectivity index (χ2v) is 6.14. The molecule has 1 fully saturated rings. The molecule has 0 N–H and O–H groups in total. The molecule has 116 valence electrons. The highest BCUT2D eigenvalue weighted by atomic mass is 35.5. The van der Waals surface area contributed by atoms with E-state index in [1.807, 2.05) is 4.90 Å². The van der Waals surface area contributed by atoms with Crippen LogP contribution in [0.25, 0.3) is 0 Å². The highest BCUT2D eigenvalue weighted by Crippen LogP contribution is 2.28. The zero-order valence-corrected chi connectivity index (χ0v) is 13.8. The number of benzene rings is 1. The van der Waals surface area contributed by atoms with Crippen LogP contribution in [0.5, 0.6) is 5.75 Å². The number of alkyl halides is 1. The molecule has 1 aliphatic rings. The Balaban J connectivity index is 2.27. The summed E-state index contributed by atoms with van der Waals surface area (Å²) in [6, 6.07) is 5.40. The third kappa shape index (κ3) is 4.04. The van der Waals surface area contributed by atoms with Gasteiger partial charge in [0, 0.05) is 23.5 Å². The molecule has 0 unspecified atom stereocenters. The Morgan fingerprint density at radius 1 is 1.33 bits per heavy atom. The highest BCUT2D eigenvalue weighted by molar-refractivity contribution is 6.31. The lowest BCUT2D eigenvalue weighted by Gasteiger charge is -2.34. The Morgan fingerprint density at radius 2 is 2.05 bits per heavy atom. The maximum absolute atomic E-state index is 12.9. The molecule has 0 spiro atoms. The Morgan fingerprint density at radius 3 is 2.67 bits per heavy atom. The third-order valence-corrected chi connectivity index (χ3v) is 4.40. The summed E-state index contributed by atoms with van der Waals surface area (Å²) in [7, 11) is 1.56. The lowest BCUT2D eigenvalue weighted by atomic mass is 9.93. The van der Waals surface area contributed by atoms with Crippen LogP contribution in [-0.4, -0.2) is 36.4 Å². The second kappa shape index (κ2) is 7.90. The van der Waals surface area contributed by atoms with E-state index in [0.29, 0.717) is 28.8 Å². The maximum atomic E-state index is 12.9. The minimum atomic E-state index is -0.0399. The number of nitrogens with zero attached hydrogens (tertiary/aromatic N) is 1. The third-order valence-electron chi connectivity index (χ3n) is 3.99. The van der Waals surface area contributed by atoms with Crippen molar-refractivity contribution in [2.45, 2.75) is 38.1 Å². The molecule has 21 heavy (non-hydrogen) atoms. The summed E-state index contributed by atoms with van der Waals surface area (Å²) in [6.07, 6.45) is 5.68. The van der Waals surface area contributed by atoms with Gasteiger partial charge in [0.15, 0.2) is 0 Å². The molecule has 0 bridgehead atoms. The van der Waals surface area contributed by atoms with Crippen molar-refractivity contribution >= 4 is 29.1 Å². The lowest BCUT2D eigenvalue weighted by Crippen LogP contribution is -2.42. The van der Waals surface area contributed by atoms with Gasteiger partial charge in [0.05, 0.1) is 12.7 Å². The SMILES string of the molecule is COc1ccc(Cl)cc1C(=O)N(CCCl)C1CCCCC1. The molecule has 1 aromatic rings. The molecule has 3 nitrogen and oxygen atoms in total. The van der Waals surface area contributed by atoms with Gasteiger partial charge in [-0.15, -0.1) is 11.6 Å². The zero-order chi connectivity index (χ0) is 15.2. The standard InChI is InChI=1S/C16H21Cl2NO2/c1-21-15-8-7-12(18)11-14(15)16(20)19(10-9-17)13-5-3-2-4-6-13/h7-8,11,13H,2-6,9-10H2,1H3. The van der Waals surface area contributed by atoms with E-state index >= 15 is 0 Å². The van der Waals surface area contributed by atoms with E-state index in [2.05, 4.69) is 0 Å². The van der Waals surface area contributed by atoms with Gasteiger partial charge in [-0.3, -0.25) is 4.79 Å². The van der Waals surface area contributed by atoms with E-state index in [1.165, 1.54) is 19.3 Å². The van der Waals surface area contributed by atoms with Crippen molar-refractivity contribution < 1.29 is 9.53 Å². The van der Waals surface area contributed by atoms with Gasteiger partial charge in [-0.2, -0.15) is 0 Å². The van der Waals surface area contributed by atoms with Crippen LogP contribution >= 0.6 is 23.2 Å². The predicted octanol–water partition coefficient (Wildman–Crippen LogP) is 4.36. The normalized spacial score (nSPS) is 15.8. The van der Waals surface area contributed by atoms with Crippen LogP contribution in [0.4, 0.5) is 0 Å². The number of hydrogen-bond acceptors (Lipinski definition) is 2. The molecule has 1 aromatic carbocycles. The molecular formula is C16H21Cl2NO2. The van der Waals surface area contributed by atoms with Crippen molar-refractivity contribution in [2.24, 2.45) is 0 Å². The molecule has 0 atom stereocenters. The number of hydrogen-bond donors (Lipinski definition) is 0. The average Bonchev–Trinajstić information content (AvgIpc) is 2.52. The number of carbonyl (C=O) groups excluding carboxylic acids is 1. The van der Waals surface area contributed by atoms with Crippen molar-refractivity contribution in [1.82, 2.24) is 4.90 Å². The highest BCUT2D eigenvalue weighted by Gasteiger charge is 2.27. The largest absolute Gasteiger partial charge is 0.496 e. The van der Waals surface area contributed by atoms with Crippen molar-refractivity contribution in [3.63, 3.8) is 0 Å². The average molecular weight is 330 g/mol. The molecular weight excluding hydrogens is 309 g/mol. The van der Waals surface area contributed by atoms with Crippen LogP contribution in [0.15, 0.2) is 18.2 Å². The number of amides is 1. The van der Waals surface area contributed by atoms with Crippen LogP contribution in [-0.2, 0) is 0 Å². The van der Waals surface area contributed by atoms with Crippen molar-refractivity contribution in [1.29, 1.82) is 0 Å². The number of carbonyl (C=O) groups is 1. The molecule has 1 aliphatic carbocycles. The molecule has 0 saturated heterocycles. The molecule has 0 aromatic heterocycles. The summed E-state index contributed by atoms with van der Waals surface area (Å²) in [5.41, 5.74) is 0.515. The van der Waals surface area contributed by atoms with Gasteiger partial charge in [0.25, 0.3) is 5.91 Å². The topological polar surface area (TPSA) is 29.5 Å². The zero-order valence-electron chi connectivity index (χ0n) is 12.3. The summed E-state index contributed by atoms with van der Waals surface area (Å²) in [6.45, 7) is 0.556. The van der Waals surface area contributed by atoms with Gasteiger partial charge < -0.3 is 9.64 Å². The van der Waals surface area contributed by atoms with Gasteiger partial charge >= 0.3 is 0 Å². The van der Waals surface area contributed by atoms with E-state index in [1.54, 1.807) is 25.3 Å². The number of ether oxygens (including phenoxy) is 1. The van der Waals surface area contributed by atoms with Gasteiger partial charge in [0.2, 0.25) is 0 Å². The van der Waals surface area contributed by atoms with Crippen LogP contribution in [0.2, 0.25) is 5.02 Å². The lowest BCUT2D eigenvalue weighted by molar-refractivity contribution is 0.0646. The molecule has 1 saturated carbocycles. The number of methoxy groups -OCH3 is 1. The first-order valence-electron chi connectivity index (χ1n) is 7.38. The van der Waals surface area contributed by atoms with Gasteiger partial charge in [-0.1, -0.05) is 30.9 Å². The fourth-order valence-corrected chi connectivity index (χ4v) is 3.29. The second-order valence-electron chi connectivity index (χ2n) is 5.32. The first kappa shape index (κ1) is 16.4. The van der Waals surface area contributed by atoms with E-state index in [0.717, 1.165) is 12.8 Å². The summed E-state index contributed by atoms with van der Waals surface area (Å²) >= 11 is 11.9. The first-order chi connectivity index (χ1) is 10.2. The molecule has 1 amide bonds. The molecule has 2 rings (SSSR count).